The fraction of sp³-hybridized carbons (Fsp3) is 0.714. The van der Waals surface area contributed by atoms with Crippen molar-refractivity contribution in [2.24, 2.45) is 5.73 Å². The first-order chi connectivity index (χ1) is 9.99. The maximum atomic E-state index is 13.7. The number of carbonyl (C=O) groups excluding carboxylic acids is 1. The van der Waals surface area contributed by atoms with Crippen LogP contribution in [0.15, 0.2) is 10.6 Å². The third-order valence-corrected chi connectivity index (χ3v) is 3.80. The summed E-state index contributed by atoms with van der Waals surface area (Å²) < 4.78 is 18.8. The number of nitrogens with two attached hydrogens (primary N) is 1. The summed E-state index contributed by atoms with van der Waals surface area (Å²) in [6.45, 7) is 4.95. The van der Waals surface area contributed by atoms with Gasteiger partial charge in [0.25, 0.3) is 0 Å². The summed E-state index contributed by atoms with van der Waals surface area (Å²) in [5, 5.41) is 6.63. The second kappa shape index (κ2) is 7.00. The lowest BCUT2D eigenvalue weighted by Gasteiger charge is -2.23. The van der Waals surface area contributed by atoms with Gasteiger partial charge in [0.1, 0.15) is 6.17 Å². The Morgan fingerprint density at radius 2 is 2.48 bits per heavy atom. The Balaban J connectivity index is 1.89. The van der Waals surface area contributed by atoms with E-state index in [0.717, 1.165) is 5.69 Å². The molecule has 0 aliphatic carbocycles. The largest absolute Gasteiger partial charge is 0.360 e. The van der Waals surface area contributed by atoms with E-state index in [9.17, 15) is 9.18 Å². The van der Waals surface area contributed by atoms with Crippen LogP contribution in [-0.2, 0) is 11.3 Å². The lowest BCUT2D eigenvalue weighted by Crippen LogP contribution is -2.45. The van der Waals surface area contributed by atoms with E-state index in [-0.39, 0.29) is 11.9 Å². The number of alkyl halides is 1. The summed E-state index contributed by atoms with van der Waals surface area (Å²) in [6.07, 6.45) is 0.119. The van der Waals surface area contributed by atoms with Crippen LogP contribution >= 0.6 is 0 Å². The van der Waals surface area contributed by atoms with Crippen molar-refractivity contribution in [2.45, 2.75) is 51.5 Å². The molecule has 1 aromatic rings. The van der Waals surface area contributed by atoms with Crippen LogP contribution < -0.4 is 11.1 Å². The Labute approximate surface area is 123 Å². The number of hydrogen-bond acceptors (Lipinski definition) is 5. The molecule has 1 fully saturated rings. The standard InChI is InChI=1S/C14H23FN4O2/c1-3-13(16)14(20)17-6-11-5-10(15)7-19(11)8-12-4-9(2)18-21-12/h4,10-11,13H,3,5-8,16H2,1-2H3,(H,17,20)/t10-,11-,13-/m0/s1. The number of rotatable bonds is 6. The van der Waals surface area contributed by atoms with Crippen molar-refractivity contribution in [3.63, 3.8) is 0 Å². The highest BCUT2D eigenvalue weighted by Crippen LogP contribution is 2.22. The van der Waals surface area contributed by atoms with Gasteiger partial charge in [0.05, 0.1) is 18.3 Å². The van der Waals surface area contributed by atoms with E-state index in [0.29, 0.717) is 38.2 Å². The van der Waals surface area contributed by atoms with E-state index < -0.39 is 12.2 Å². The molecule has 0 aromatic carbocycles. The lowest BCUT2D eigenvalue weighted by atomic mass is 10.2. The quantitative estimate of drug-likeness (QED) is 0.809. The Kier molecular flexibility index (Phi) is 5.30. The molecule has 0 radical (unpaired) electrons. The zero-order valence-electron chi connectivity index (χ0n) is 12.5. The predicted molar refractivity (Wildman–Crippen MR) is 76.2 cm³/mol. The van der Waals surface area contributed by atoms with E-state index in [1.807, 2.05) is 24.8 Å². The van der Waals surface area contributed by atoms with Crippen LogP contribution in [0, 0.1) is 6.92 Å². The molecule has 7 heteroatoms. The Morgan fingerprint density at radius 3 is 3.10 bits per heavy atom. The number of halogens is 1. The highest BCUT2D eigenvalue weighted by Gasteiger charge is 2.33. The van der Waals surface area contributed by atoms with Gasteiger partial charge >= 0.3 is 0 Å². The molecule has 1 amide bonds. The van der Waals surface area contributed by atoms with E-state index in [4.69, 9.17) is 10.3 Å². The van der Waals surface area contributed by atoms with E-state index in [1.54, 1.807) is 0 Å². The van der Waals surface area contributed by atoms with Crippen LogP contribution in [0.25, 0.3) is 0 Å². The monoisotopic (exact) mass is 298 g/mol. The molecule has 3 atom stereocenters. The van der Waals surface area contributed by atoms with Crippen LogP contribution in [0.5, 0.6) is 0 Å². The van der Waals surface area contributed by atoms with Crippen LogP contribution in [0.3, 0.4) is 0 Å². The number of nitrogens with one attached hydrogen (secondary N) is 1. The SMILES string of the molecule is CC[C@H](N)C(=O)NC[C@@H]1C[C@H](F)CN1Cc1cc(C)no1. The first kappa shape index (κ1) is 15.9. The minimum atomic E-state index is -0.879. The number of hydrogen-bond donors (Lipinski definition) is 2. The number of likely N-dealkylation sites (tertiary alicyclic amines) is 1. The highest BCUT2D eigenvalue weighted by atomic mass is 19.1. The molecule has 3 N–H and O–H groups in total. The molecule has 0 saturated carbocycles. The Hall–Kier alpha value is -1.47. The fourth-order valence-electron chi connectivity index (χ4n) is 2.55. The molecule has 1 saturated heterocycles. The summed E-state index contributed by atoms with van der Waals surface area (Å²) in [6, 6.07) is 1.30. The molecule has 1 aliphatic rings. The van der Waals surface area contributed by atoms with Crippen molar-refractivity contribution >= 4 is 5.91 Å². The molecule has 0 bridgehead atoms. The summed E-state index contributed by atoms with van der Waals surface area (Å²) in [7, 11) is 0. The molecule has 21 heavy (non-hydrogen) atoms. The molecule has 1 aliphatic heterocycles. The first-order valence-electron chi connectivity index (χ1n) is 7.33. The van der Waals surface area contributed by atoms with Gasteiger partial charge in [-0.3, -0.25) is 9.69 Å². The van der Waals surface area contributed by atoms with Gasteiger partial charge in [-0.15, -0.1) is 0 Å². The van der Waals surface area contributed by atoms with Gasteiger partial charge in [-0.1, -0.05) is 12.1 Å². The topological polar surface area (TPSA) is 84.4 Å². The molecule has 2 heterocycles. The Morgan fingerprint density at radius 1 is 1.71 bits per heavy atom. The smallest absolute Gasteiger partial charge is 0.236 e. The predicted octanol–water partition coefficient (Wildman–Crippen LogP) is 0.749. The van der Waals surface area contributed by atoms with Gasteiger partial charge in [0, 0.05) is 25.2 Å². The lowest BCUT2D eigenvalue weighted by molar-refractivity contribution is -0.122. The normalized spacial score (nSPS) is 24.2. The number of amides is 1. The molecule has 2 rings (SSSR count). The average Bonchev–Trinajstić information content (AvgIpc) is 3.01. The van der Waals surface area contributed by atoms with Crippen LogP contribution in [-0.4, -0.2) is 47.3 Å². The van der Waals surface area contributed by atoms with Gasteiger partial charge in [0.15, 0.2) is 5.76 Å². The van der Waals surface area contributed by atoms with Crippen molar-refractivity contribution in [1.29, 1.82) is 0 Å². The van der Waals surface area contributed by atoms with Crippen LogP contribution in [0.2, 0.25) is 0 Å². The van der Waals surface area contributed by atoms with Crippen molar-refractivity contribution in [2.75, 3.05) is 13.1 Å². The van der Waals surface area contributed by atoms with Gasteiger partial charge < -0.3 is 15.6 Å². The molecular weight excluding hydrogens is 275 g/mol. The zero-order valence-corrected chi connectivity index (χ0v) is 12.5. The third kappa shape index (κ3) is 4.25. The van der Waals surface area contributed by atoms with Gasteiger partial charge in [-0.25, -0.2) is 4.39 Å². The fourth-order valence-corrected chi connectivity index (χ4v) is 2.55. The second-order valence-corrected chi connectivity index (χ2v) is 5.61. The van der Waals surface area contributed by atoms with Crippen molar-refractivity contribution in [3.05, 3.63) is 17.5 Å². The van der Waals surface area contributed by atoms with E-state index in [2.05, 4.69) is 10.5 Å². The summed E-state index contributed by atoms with van der Waals surface area (Å²) in [5.41, 5.74) is 6.47. The molecule has 6 nitrogen and oxygen atoms in total. The first-order valence-corrected chi connectivity index (χ1v) is 7.33. The second-order valence-electron chi connectivity index (χ2n) is 5.61. The van der Waals surface area contributed by atoms with Crippen molar-refractivity contribution in [3.8, 4) is 0 Å². The van der Waals surface area contributed by atoms with Gasteiger partial charge in [-0.2, -0.15) is 0 Å². The number of aromatic nitrogens is 1. The van der Waals surface area contributed by atoms with Gasteiger partial charge in [0.2, 0.25) is 5.91 Å². The van der Waals surface area contributed by atoms with Gasteiger partial charge in [-0.05, 0) is 19.8 Å². The number of aryl methyl sites for hydroxylation is 1. The summed E-state index contributed by atoms with van der Waals surface area (Å²) in [4.78, 5) is 13.7. The molecule has 0 spiro atoms. The molecule has 118 valence electrons. The molecule has 0 unspecified atom stereocenters. The van der Waals surface area contributed by atoms with Crippen molar-refractivity contribution < 1.29 is 13.7 Å². The number of carbonyl (C=O) groups is 1. The zero-order chi connectivity index (χ0) is 15.4. The maximum Gasteiger partial charge on any atom is 0.236 e. The summed E-state index contributed by atoms with van der Waals surface area (Å²) in [5.74, 6) is 0.526. The number of nitrogens with zero attached hydrogens (tertiary/aromatic N) is 2. The average molecular weight is 298 g/mol. The third-order valence-electron chi connectivity index (χ3n) is 3.80. The molecule has 1 aromatic heterocycles. The van der Waals surface area contributed by atoms with E-state index >= 15 is 0 Å². The van der Waals surface area contributed by atoms with Crippen LogP contribution in [0.1, 0.15) is 31.2 Å². The van der Waals surface area contributed by atoms with Crippen LogP contribution in [0.4, 0.5) is 4.39 Å². The maximum absolute atomic E-state index is 13.7. The minimum absolute atomic E-state index is 0.0431. The molecular formula is C14H23FN4O2. The van der Waals surface area contributed by atoms with E-state index in [1.165, 1.54) is 0 Å². The highest BCUT2D eigenvalue weighted by molar-refractivity contribution is 5.81. The summed E-state index contributed by atoms with van der Waals surface area (Å²) >= 11 is 0. The Bertz CT molecular complexity index is 479. The minimum Gasteiger partial charge on any atom is -0.360 e. The van der Waals surface area contributed by atoms with Crippen molar-refractivity contribution in [1.82, 2.24) is 15.4 Å².